The van der Waals surface area contributed by atoms with Crippen LogP contribution in [0, 0.1) is 5.92 Å². The van der Waals surface area contributed by atoms with Gasteiger partial charge in [0, 0.05) is 25.2 Å². The van der Waals surface area contributed by atoms with Crippen LogP contribution in [-0.2, 0) is 9.59 Å². The van der Waals surface area contributed by atoms with Crippen molar-refractivity contribution in [1.29, 1.82) is 0 Å². The van der Waals surface area contributed by atoms with Crippen LogP contribution in [0.3, 0.4) is 0 Å². The molecule has 2 aromatic rings. The van der Waals surface area contributed by atoms with Crippen molar-refractivity contribution < 1.29 is 19.1 Å². The van der Waals surface area contributed by atoms with Crippen LogP contribution in [0.1, 0.15) is 38.3 Å². The van der Waals surface area contributed by atoms with Crippen LogP contribution in [0.15, 0.2) is 60.7 Å². The van der Waals surface area contributed by atoms with Gasteiger partial charge in [-0.15, -0.1) is 0 Å². The molecule has 0 N–H and O–H groups in total. The first-order chi connectivity index (χ1) is 15.4. The number of nitrogens with zero attached hydrogens (tertiary/aromatic N) is 2. The Morgan fingerprint density at radius 1 is 1.06 bits per heavy atom. The Morgan fingerprint density at radius 3 is 2.12 bits per heavy atom. The summed E-state index contributed by atoms with van der Waals surface area (Å²) in [6.07, 6.45) is 0.827. The van der Waals surface area contributed by atoms with Gasteiger partial charge in [0.05, 0.1) is 26.2 Å². The summed E-state index contributed by atoms with van der Waals surface area (Å²) in [5.74, 6) is 1.13. The van der Waals surface area contributed by atoms with E-state index in [9.17, 15) is 9.59 Å². The van der Waals surface area contributed by atoms with Crippen molar-refractivity contribution in [3.63, 3.8) is 0 Å². The van der Waals surface area contributed by atoms with E-state index in [2.05, 4.69) is 6.58 Å². The molecule has 32 heavy (non-hydrogen) atoms. The standard InChI is InChI=1S/C26H32N2O4/c1-6-27(17-18(2)3)26(30)23-15-16-24(29)28(20-9-13-22(32-5)14-10-20)25(23)19-7-11-21(31-4)12-8-19/h7-14,23,25H,2,6,15-17H2,1,3-5H3. The zero-order chi connectivity index (χ0) is 23.3. The molecule has 0 spiro atoms. The Kier molecular flexibility index (Phi) is 7.57. The summed E-state index contributed by atoms with van der Waals surface area (Å²) < 4.78 is 10.6. The summed E-state index contributed by atoms with van der Waals surface area (Å²) in [5.41, 5.74) is 2.58. The molecule has 6 nitrogen and oxygen atoms in total. The van der Waals surface area contributed by atoms with Crippen LogP contribution >= 0.6 is 0 Å². The van der Waals surface area contributed by atoms with Crippen LogP contribution in [0.25, 0.3) is 0 Å². The third-order valence-corrected chi connectivity index (χ3v) is 5.88. The van der Waals surface area contributed by atoms with Crippen molar-refractivity contribution in [2.24, 2.45) is 5.92 Å². The summed E-state index contributed by atoms with van der Waals surface area (Å²) >= 11 is 0. The van der Waals surface area contributed by atoms with E-state index in [1.165, 1.54) is 0 Å². The van der Waals surface area contributed by atoms with Gasteiger partial charge < -0.3 is 19.3 Å². The number of hydrogen-bond donors (Lipinski definition) is 0. The normalized spacial score (nSPS) is 18.2. The number of methoxy groups -OCH3 is 2. The minimum Gasteiger partial charge on any atom is -0.497 e. The number of piperidine rings is 1. The Morgan fingerprint density at radius 2 is 1.62 bits per heavy atom. The maximum atomic E-state index is 13.7. The number of ether oxygens (including phenoxy) is 2. The molecule has 0 aromatic heterocycles. The monoisotopic (exact) mass is 436 g/mol. The highest BCUT2D eigenvalue weighted by atomic mass is 16.5. The first-order valence-electron chi connectivity index (χ1n) is 10.9. The van der Waals surface area contributed by atoms with Crippen molar-refractivity contribution in [3.05, 3.63) is 66.2 Å². The number of anilines is 1. The van der Waals surface area contributed by atoms with Gasteiger partial charge in [0.25, 0.3) is 0 Å². The van der Waals surface area contributed by atoms with E-state index in [0.717, 1.165) is 22.6 Å². The first-order valence-corrected chi connectivity index (χ1v) is 10.9. The molecule has 1 saturated heterocycles. The van der Waals surface area contributed by atoms with Gasteiger partial charge >= 0.3 is 0 Å². The molecule has 0 saturated carbocycles. The van der Waals surface area contributed by atoms with Gasteiger partial charge in [0.1, 0.15) is 11.5 Å². The van der Waals surface area contributed by atoms with Gasteiger partial charge in [-0.2, -0.15) is 0 Å². The van der Waals surface area contributed by atoms with Gasteiger partial charge in [-0.3, -0.25) is 9.59 Å². The topological polar surface area (TPSA) is 59.1 Å². The first kappa shape index (κ1) is 23.4. The SMILES string of the molecule is C=C(C)CN(CC)C(=O)C1CCC(=O)N(c2ccc(OC)cc2)C1c1ccc(OC)cc1. The van der Waals surface area contributed by atoms with E-state index in [4.69, 9.17) is 9.47 Å². The predicted molar refractivity (Wildman–Crippen MR) is 126 cm³/mol. The van der Waals surface area contributed by atoms with E-state index < -0.39 is 6.04 Å². The molecule has 2 unspecified atom stereocenters. The van der Waals surface area contributed by atoms with Crippen molar-refractivity contribution in [1.82, 2.24) is 4.90 Å². The number of rotatable bonds is 8. The lowest BCUT2D eigenvalue weighted by Crippen LogP contribution is -2.49. The van der Waals surface area contributed by atoms with E-state index in [0.29, 0.717) is 31.7 Å². The molecule has 1 aliphatic rings. The second-order valence-corrected chi connectivity index (χ2v) is 8.13. The Bertz CT molecular complexity index is 953. The summed E-state index contributed by atoms with van der Waals surface area (Å²) in [5, 5.41) is 0. The Labute approximate surface area is 190 Å². The highest BCUT2D eigenvalue weighted by Gasteiger charge is 2.42. The molecule has 170 valence electrons. The smallest absolute Gasteiger partial charge is 0.228 e. The molecule has 3 rings (SSSR count). The molecule has 0 aliphatic carbocycles. The number of carbonyl (C=O) groups excluding carboxylic acids is 2. The van der Waals surface area contributed by atoms with Gasteiger partial charge in [-0.05, 0) is 62.2 Å². The van der Waals surface area contributed by atoms with Gasteiger partial charge in [0.15, 0.2) is 0 Å². The third-order valence-electron chi connectivity index (χ3n) is 5.88. The maximum absolute atomic E-state index is 13.7. The van der Waals surface area contributed by atoms with Crippen LogP contribution in [0.4, 0.5) is 5.69 Å². The largest absolute Gasteiger partial charge is 0.497 e. The molecular formula is C26H32N2O4. The molecule has 1 fully saturated rings. The number of hydrogen-bond acceptors (Lipinski definition) is 4. The van der Waals surface area contributed by atoms with Gasteiger partial charge in [-0.25, -0.2) is 0 Å². The van der Waals surface area contributed by atoms with E-state index in [1.54, 1.807) is 19.1 Å². The van der Waals surface area contributed by atoms with Gasteiger partial charge in [0.2, 0.25) is 11.8 Å². The fraction of sp³-hybridized carbons (Fsp3) is 0.385. The average Bonchev–Trinajstić information content (AvgIpc) is 2.82. The highest BCUT2D eigenvalue weighted by molar-refractivity contribution is 5.97. The summed E-state index contributed by atoms with van der Waals surface area (Å²) in [6.45, 7) is 8.97. The molecular weight excluding hydrogens is 404 g/mol. The number of likely N-dealkylation sites (N-methyl/N-ethyl adjacent to an activating group) is 1. The molecule has 1 heterocycles. The molecule has 1 aliphatic heterocycles. The van der Waals surface area contributed by atoms with Crippen LogP contribution in [0.5, 0.6) is 11.5 Å². The lowest BCUT2D eigenvalue weighted by atomic mass is 9.82. The van der Waals surface area contributed by atoms with E-state index in [1.807, 2.05) is 67.3 Å². The van der Waals surface area contributed by atoms with Crippen molar-refractivity contribution in [2.75, 3.05) is 32.2 Å². The summed E-state index contributed by atoms with van der Waals surface area (Å²) in [6, 6.07) is 14.6. The molecule has 0 bridgehead atoms. The van der Waals surface area contributed by atoms with Crippen molar-refractivity contribution in [3.8, 4) is 11.5 Å². The molecule has 6 heteroatoms. The van der Waals surface area contributed by atoms with Crippen LogP contribution in [-0.4, -0.2) is 44.0 Å². The summed E-state index contributed by atoms with van der Waals surface area (Å²) in [7, 11) is 3.22. The third kappa shape index (κ3) is 4.96. The predicted octanol–water partition coefficient (Wildman–Crippen LogP) is 4.61. The van der Waals surface area contributed by atoms with Crippen LogP contribution < -0.4 is 14.4 Å². The van der Waals surface area contributed by atoms with Crippen LogP contribution in [0.2, 0.25) is 0 Å². The fourth-order valence-corrected chi connectivity index (χ4v) is 4.29. The minimum absolute atomic E-state index is 0.00276. The van der Waals surface area contributed by atoms with Crippen molar-refractivity contribution in [2.45, 2.75) is 32.7 Å². The summed E-state index contributed by atoms with van der Waals surface area (Å²) in [4.78, 5) is 30.4. The number of amides is 2. The quantitative estimate of drug-likeness (QED) is 0.567. The highest BCUT2D eigenvalue weighted by Crippen LogP contribution is 2.41. The lowest BCUT2D eigenvalue weighted by Gasteiger charge is -2.42. The zero-order valence-corrected chi connectivity index (χ0v) is 19.3. The Hall–Kier alpha value is -3.28. The zero-order valence-electron chi connectivity index (χ0n) is 19.3. The average molecular weight is 437 g/mol. The molecule has 0 radical (unpaired) electrons. The van der Waals surface area contributed by atoms with E-state index in [-0.39, 0.29) is 17.7 Å². The lowest BCUT2D eigenvalue weighted by molar-refractivity contribution is -0.137. The molecule has 2 amide bonds. The second-order valence-electron chi connectivity index (χ2n) is 8.13. The van der Waals surface area contributed by atoms with Crippen molar-refractivity contribution >= 4 is 17.5 Å². The maximum Gasteiger partial charge on any atom is 0.228 e. The molecule has 2 atom stereocenters. The fourth-order valence-electron chi connectivity index (χ4n) is 4.29. The molecule has 2 aromatic carbocycles. The number of benzene rings is 2. The second kappa shape index (κ2) is 10.4. The van der Waals surface area contributed by atoms with E-state index >= 15 is 0 Å². The minimum atomic E-state index is -0.415. The van der Waals surface area contributed by atoms with Gasteiger partial charge in [-0.1, -0.05) is 24.3 Å². The Balaban J connectivity index is 2.07. The number of carbonyl (C=O) groups is 2.